The van der Waals surface area contributed by atoms with Gasteiger partial charge in [0.2, 0.25) is 0 Å². The van der Waals surface area contributed by atoms with Crippen molar-refractivity contribution in [3.63, 3.8) is 0 Å². The maximum atomic E-state index is 2.42. The number of para-hydroxylation sites is 2. The monoisotopic (exact) mass is 738 g/mol. The summed E-state index contributed by atoms with van der Waals surface area (Å²) < 4.78 is 0. The normalized spacial score (nSPS) is 11.4. The number of hydrogen-bond donors (Lipinski definition) is 0. The first kappa shape index (κ1) is 33.6. The zero-order chi connectivity index (χ0) is 38.4. The van der Waals surface area contributed by atoms with Crippen LogP contribution in [0.5, 0.6) is 0 Å². The fourth-order valence-electron chi connectivity index (χ4n) is 8.81. The molecule has 11 aromatic carbocycles. The third-order valence-electron chi connectivity index (χ3n) is 11.5. The quantitative estimate of drug-likeness (QED) is 0.150. The molecule has 0 atom stereocenters. The molecule has 2 nitrogen and oxygen atoms in total. The topological polar surface area (TPSA) is 6.48 Å². The first-order valence-corrected chi connectivity index (χ1v) is 19.9. The fourth-order valence-corrected chi connectivity index (χ4v) is 8.81. The Hall–Kier alpha value is -7.68. The van der Waals surface area contributed by atoms with Crippen LogP contribution in [0.1, 0.15) is 0 Å². The summed E-state index contributed by atoms with van der Waals surface area (Å²) >= 11 is 0. The molecule has 0 amide bonds. The zero-order valence-electron chi connectivity index (χ0n) is 31.8. The number of hydrogen-bond acceptors (Lipinski definition) is 2. The highest BCUT2D eigenvalue weighted by atomic mass is 15.1. The van der Waals surface area contributed by atoms with E-state index in [4.69, 9.17) is 0 Å². The maximum absolute atomic E-state index is 2.42. The maximum Gasteiger partial charge on any atom is 0.0546 e. The van der Waals surface area contributed by atoms with Crippen LogP contribution in [-0.4, -0.2) is 0 Å². The predicted octanol–water partition coefficient (Wildman–Crippen LogP) is 16.1. The van der Waals surface area contributed by atoms with Crippen molar-refractivity contribution in [3.05, 3.63) is 231 Å². The number of fused-ring (bicyclic) bond motifs is 7. The molecule has 0 spiro atoms. The second-order valence-electron chi connectivity index (χ2n) is 15.0. The number of anilines is 6. The first-order valence-electron chi connectivity index (χ1n) is 19.9. The van der Waals surface area contributed by atoms with Gasteiger partial charge in [0, 0.05) is 33.8 Å². The second-order valence-corrected chi connectivity index (χ2v) is 15.0. The molecule has 2 heteroatoms. The molecule has 0 N–H and O–H groups in total. The van der Waals surface area contributed by atoms with Gasteiger partial charge in [0.25, 0.3) is 0 Å². The van der Waals surface area contributed by atoms with Crippen molar-refractivity contribution in [2.24, 2.45) is 0 Å². The first-order chi connectivity index (χ1) is 28.8. The summed E-state index contributed by atoms with van der Waals surface area (Å²) in [6.07, 6.45) is 0. The molecule has 0 unspecified atom stereocenters. The average Bonchev–Trinajstić information content (AvgIpc) is 3.30. The summed E-state index contributed by atoms with van der Waals surface area (Å²) in [4.78, 5) is 4.77. The minimum absolute atomic E-state index is 1.11. The highest BCUT2D eigenvalue weighted by Gasteiger charge is 2.20. The molecule has 0 aliphatic heterocycles. The molecule has 0 saturated heterocycles. The lowest BCUT2D eigenvalue weighted by atomic mass is 9.90. The smallest absolute Gasteiger partial charge is 0.0546 e. The van der Waals surface area contributed by atoms with E-state index in [1.165, 1.54) is 65.0 Å². The molecule has 0 fully saturated rings. The molecule has 11 rings (SSSR count). The van der Waals surface area contributed by atoms with Gasteiger partial charge < -0.3 is 9.80 Å². The summed E-state index contributed by atoms with van der Waals surface area (Å²) in [5.74, 6) is 0. The molecule has 0 aliphatic rings. The molecule has 11 aromatic rings. The van der Waals surface area contributed by atoms with E-state index in [0.717, 1.165) is 34.1 Å². The Bertz CT molecular complexity index is 3280. The lowest BCUT2D eigenvalue weighted by Gasteiger charge is -2.28. The lowest BCUT2D eigenvalue weighted by Crippen LogP contribution is -2.10. The average molecular weight is 739 g/mol. The van der Waals surface area contributed by atoms with Gasteiger partial charge in [0.15, 0.2) is 0 Å². The van der Waals surface area contributed by atoms with Crippen molar-refractivity contribution in [3.8, 4) is 11.1 Å². The largest absolute Gasteiger partial charge is 0.310 e. The molecule has 0 aromatic heterocycles. The molecular formula is C56H38N2. The zero-order valence-corrected chi connectivity index (χ0v) is 31.8. The summed E-state index contributed by atoms with van der Waals surface area (Å²) in [5.41, 5.74) is 9.17. The van der Waals surface area contributed by atoms with Gasteiger partial charge in [0.05, 0.1) is 5.69 Å². The van der Waals surface area contributed by atoms with Crippen molar-refractivity contribution in [2.75, 3.05) is 9.80 Å². The molecular weight excluding hydrogens is 701 g/mol. The highest BCUT2D eigenvalue weighted by Crippen LogP contribution is 2.46. The van der Waals surface area contributed by atoms with E-state index in [1.54, 1.807) is 0 Å². The summed E-state index contributed by atoms with van der Waals surface area (Å²) in [6, 6.07) is 83.8. The van der Waals surface area contributed by atoms with Gasteiger partial charge >= 0.3 is 0 Å². The van der Waals surface area contributed by atoms with Gasteiger partial charge in [-0.1, -0.05) is 158 Å². The van der Waals surface area contributed by atoms with Crippen LogP contribution in [0, 0.1) is 0 Å². The lowest BCUT2D eigenvalue weighted by molar-refractivity contribution is 1.29. The molecule has 0 saturated carbocycles. The molecule has 272 valence electrons. The van der Waals surface area contributed by atoms with Crippen molar-refractivity contribution in [2.45, 2.75) is 0 Å². The molecule has 0 heterocycles. The minimum Gasteiger partial charge on any atom is -0.310 e. The molecule has 58 heavy (non-hydrogen) atoms. The highest BCUT2D eigenvalue weighted by molar-refractivity contribution is 6.24. The summed E-state index contributed by atoms with van der Waals surface area (Å²) in [5, 5.41) is 12.3. The molecule has 0 aliphatic carbocycles. The molecule has 0 radical (unpaired) electrons. The number of rotatable bonds is 7. The van der Waals surface area contributed by atoms with Crippen LogP contribution < -0.4 is 9.80 Å². The van der Waals surface area contributed by atoms with Crippen LogP contribution in [0.2, 0.25) is 0 Å². The Morgan fingerprint density at radius 1 is 0.224 bits per heavy atom. The standard InChI is InChI=1S/C56H38N2/c1-3-19-44(20-4-1)57(47-33-27-39-15-7-9-17-42(39)35-47)46-31-29-41(30-32-46)53-37-54-51-25-13-14-26-52(51)56(38-55(54)50-24-12-11-23-49(50)53)58(45-21-5-2-6-22-45)48-34-28-40-16-8-10-18-43(40)36-48/h1-38H. The van der Waals surface area contributed by atoms with Gasteiger partial charge in [-0.05, 0) is 132 Å². The van der Waals surface area contributed by atoms with Crippen LogP contribution in [0.3, 0.4) is 0 Å². The van der Waals surface area contributed by atoms with Gasteiger partial charge in [-0.15, -0.1) is 0 Å². The summed E-state index contributed by atoms with van der Waals surface area (Å²) in [6.45, 7) is 0. The van der Waals surface area contributed by atoms with Crippen LogP contribution in [0.25, 0.3) is 65.0 Å². The van der Waals surface area contributed by atoms with Gasteiger partial charge in [-0.3, -0.25) is 0 Å². The van der Waals surface area contributed by atoms with E-state index in [-0.39, 0.29) is 0 Å². The third-order valence-corrected chi connectivity index (χ3v) is 11.5. The minimum atomic E-state index is 1.11. The van der Waals surface area contributed by atoms with Crippen LogP contribution >= 0.6 is 0 Å². The number of nitrogens with zero attached hydrogens (tertiary/aromatic N) is 2. The van der Waals surface area contributed by atoms with Gasteiger partial charge in [-0.25, -0.2) is 0 Å². The van der Waals surface area contributed by atoms with Crippen molar-refractivity contribution in [1.29, 1.82) is 0 Å². The third kappa shape index (κ3) is 5.82. The predicted molar refractivity (Wildman–Crippen MR) is 249 cm³/mol. The van der Waals surface area contributed by atoms with Crippen molar-refractivity contribution in [1.82, 2.24) is 0 Å². The summed E-state index contributed by atoms with van der Waals surface area (Å²) in [7, 11) is 0. The van der Waals surface area contributed by atoms with Crippen LogP contribution in [0.4, 0.5) is 34.1 Å². The Morgan fingerprint density at radius 3 is 1.24 bits per heavy atom. The van der Waals surface area contributed by atoms with E-state index in [1.807, 2.05) is 0 Å². The number of benzene rings is 11. The van der Waals surface area contributed by atoms with Crippen LogP contribution in [0.15, 0.2) is 231 Å². The molecule has 0 bridgehead atoms. The van der Waals surface area contributed by atoms with E-state index in [9.17, 15) is 0 Å². The van der Waals surface area contributed by atoms with Crippen molar-refractivity contribution < 1.29 is 0 Å². The Balaban J connectivity index is 1.09. The Kier molecular flexibility index (Phi) is 8.19. The fraction of sp³-hybridized carbons (Fsp3) is 0. The van der Waals surface area contributed by atoms with Crippen LogP contribution in [-0.2, 0) is 0 Å². The van der Waals surface area contributed by atoms with E-state index >= 15 is 0 Å². The second kappa shape index (κ2) is 14.1. The van der Waals surface area contributed by atoms with E-state index in [2.05, 4.69) is 240 Å². The van der Waals surface area contributed by atoms with Gasteiger partial charge in [-0.2, -0.15) is 0 Å². The van der Waals surface area contributed by atoms with E-state index in [0.29, 0.717) is 0 Å². The van der Waals surface area contributed by atoms with E-state index < -0.39 is 0 Å². The van der Waals surface area contributed by atoms with Crippen molar-refractivity contribution >= 4 is 88.0 Å². The SMILES string of the molecule is c1ccc(N(c2ccc(-c3cc4c5ccccc5c(N(c5ccccc5)c5ccc6ccccc6c5)cc4c4ccccc34)cc2)c2ccc3ccccc3c2)cc1. The van der Waals surface area contributed by atoms with Gasteiger partial charge in [0.1, 0.15) is 0 Å². The Labute approximate surface area is 338 Å². The Morgan fingerprint density at radius 2 is 0.638 bits per heavy atom.